The normalized spacial score (nSPS) is 14.2. The number of carbonyl (C=O) groups excluding carboxylic acids is 1. The molecule has 0 aliphatic heterocycles. The highest BCUT2D eigenvalue weighted by atomic mass is 16.5. The first-order valence-electron chi connectivity index (χ1n) is 4.14. The Labute approximate surface area is 73.0 Å². The summed E-state index contributed by atoms with van der Waals surface area (Å²) in [6.45, 7) is 5.68. The average molecular weight is 172 g/mol. The van der Waals surface area contributed by atoms with Crippen molar-refractivity contribution in [3.05, 3.63) is 11.6 Å². The fourth-order valence-corrected chi connectivity index (χ4v) is 0.788. The SMILES string of the molecule is CCOC(=O)/C=C(\C)[C@@H](O)CC. The van der Waals surface area contributed by atoms with E-state index in [1.807, 2.05) is 6.92 Å². The molecule has 0 bridgehead atoms. The second-order valence-corrected chi connectivity index (χ2v) is 2.56. The highest BCUT2D eigenvalue weighted by molar-refractivity contribution is 5.82. The van der Waals surface area contributed by atoms with Crippen LogP contribution in [0.15, 0.2) is 11.6 Å². The van der Waals surface area contributed by atoms with Gasteiger partial charge in [-0.1, -0.05) is 6.92 Å². The molecule has 1 atom stereocenters. The van der Waals surface area contributed by atoms with Crippen LogP contribution < -0.4 is 0 Å². The molecule has 0 radical (unpaired) electrons. The summed E-state index contributed by atoms with van der Waals surface area (Å²) in [6.07, 6.45) is 1.41. The van der Waals surface area contributed by atoms with Crippen LogP contribution in [0, 0.1) is 0 Å². The Morgan fingerprint density at radius 1 is 1.58 bits per heavy atom. The minimum absolute atomic E-state index is 0.366. The number of hydrogen-bond acceptors (Lipinski definition) is 3. The lowest BCUT2D eigenvalue weighted by atomic mass is 10.1. The van der Waals surface area contributed by atoms with Gasteiger partial charge in [0.2, 0.25) is 0 Å². The molecule has 3 heteroatoms. The third kappa shape index (κ3) is 4.13. The van der Waals surface area contributed by atoms with E-state index >= 15 is 0 Å². The van der Waals surface area contributed by atoms with Crippen molar-refractivity contribution in [2.45, 2.75) is 33.3 Å². The summed E-state index contributed by atoms with van der Waals surface area (Å²) in [6, 6.07) is 0. The third-order valence-corrected chi connectivity index (χ3v) is 1.54. The summed E-state index contributed by atoms with van der Waals surface area (Å²) in [4.78, 5) is 10.9. The van der Waals surface area contributed by atoms with Crippen molar-refractivity contribution in [1.29, 1.82) is 0 Å². The third-order valence-electron chi connectivity index (χ3n) is 1.54. The van der Waals surface area contributed by atoms with Gasteiger partial charge in [-0.2, -0.15) is 0 Å². The molecule has 0 rings (SSSR count). The topological polar surface area (TPSA) is 46.5 Å². The molecule has 0 amide bonds. The first kappa shape index (κ1) is 11.2. The van der Waals surface area contributed by atoms with Gasteiger partial charge in [-0.3, -0.25) is 0 Å². The Balaban J connectivity index is 4.05. The molecule has 0 heterocycles. The van der Waals surface area contributed by atoms with Gasteiger partial charge >= 0.3 is 5.97 Å². The molecule has 0 aromatic rings. The average Bonchev–Trinajstić information content (AvgIpc) is 2.03. The van der Waals surface area contributed by atoms with Crippen molar-refractivity contribution in [2.24, 2.45) is 0 Å². The van der Waals surface area contributed by atoms with Crippen LogP contribution in [0.4, 0.5) is 0 Å². The van der Waals surface area contributed by atoms with Crippen molar-refractivity contribution in [2.75, 3.05) is 6.61 Å². The fourth-order valence-electron chi connectivity index (χ4n) is 0.788. The summed E-state index contributed by atoms with van der Waals surface area (Å²) in [5.41, 5.74) is 0.649. The zero-order valence-corrected chi connectivity index (χ0v) is 7.83. The Kier molecular flexibility index (Phi) is 5.37. The van der Waals surface area contributed by atoms with E-state index in [0.717, 1.165) is 0 Å². The molecular formula is C9H16O3. The fraction of sp³-hybridized carbons (Fsp3) is 0.667. The second-order valence-electron chi connectivity index (χ2n) is 2.56. The standard InChI is InChI=1S/C9H16O3/c1-4-8(10)7(3)6-9(11)12-5-2/h6,8,10H,4-5H2,1-3H3/b7-6+/t8-/m0/s1. The van der Waals surface area contributed by atoms with E-state index in [4.69, 9.17) is 0 Å². The lowest BCUT2D eigenvalue weighted by molar-refractivity contribution is -0.137. The second kappa shape index (κ2) is 5.77. The molecule has 12 heavy (non-hydrogen) atoms. The minimum Gasteiger partial charge on any atom is -0.463 e. The molecule has 0 aromatic carbocycles. The summed E-state index contributed by atoms with van der Waals surface area (Å²) in [5.74, 6) is -0.387. The zero-order valence-electron chi connectivity index (χ0n) is 7.83. The van der Waals surface area contributed by atoms with Crippen LogP contribution in [-0.2, 0) is 9.53 Å². The molecule has 0 unspecified atom stereocenters. The van der Waals surface area contributed by atoms with Crippen LogP contribution in [0.25, 0.3) is 0 Å². The molecule has 3 nitrogen and oxygen atoms in total. The van der Waals surface area contributed by atoms with Gasteiger partial charge in [0.15, 0.2) is 0 Å². The van der Waals surface area contributed by atoms with Gasteiger partial charge < -0.3 is 9.84 Å². The van der Waals surface area contributed by atoms with Gasteiger partial charge in [0.05, 0.1) is 12.7 Å². The molecule has 70 valence electrons. The van der Waals surface area contributed by atoms with Crippen molar-refractivity contribution in [3.8, 4) is 0 Å². The number of carbonyl (C=O) groups is 1. The highest BCUT2D eigenvalue weighted by Crippen LogP contribution is 2.04. The quantitative estimate of drug-likeness (QED) is 0.513. The smallest absolute Gasteiger partial charge is 0.330 e. The van der Waals surface area contributed by atoms with Crippen LogP contribution in [0.2, 0.25) is 0 Å². The lowest BCUT2D eigenvalue weighted by Crippen LogP contribution is -2.09. The molecule has 0 aliphatic carbocycles. The number of aliphatic hydroxyl groups is 1. The van der Waals surface area contributed by atoms with E-state index in [9.17, 15) is 9.90 Å². The number of esters is 1. The Morgan fingerprint density at radius 3 is 2.58 bits per heavy atom. The summed E-state index contributed by atoms with van der Waals surface area (Å²) in [5, 5.41) is 9.27. The first-order chi connectivity index (χ1) is 5.61. The number of hydrogen-bond donors (Lipinski definition) is 1. The minimum atomic E-state index is -0.533. The van der Waals surface area contributed by atoms with Crippen molar-refractivity contribution < 1.29 is 14.6 Å². The van der Waals surface area contributed by atoms with E-state index in [-0.39, 0.29) is 5.97 Å². The summed E-state index contributed by atoms with van der Waals surface area (Å²) in [7, 11) is 0. The Bertz CT molecular complexity index is 173. The monoisotopic (exact) mass is 172 g/mol. The molecule has 0 saturated heterocycles. The van der Waals surface area contributed by atoms with Crippen LogP contribution in [-0.4, -0.2) is 23.8 Å². The van der Waals surface area contributed by atoms with Crippen LogP contribution in [0.1, 0.15) is 27.2 Å². The number of rotatable bonds is 4. The Morgan fingerprint density at radius 2 is 2.17 bits per heavy atom. The number of ether oxygens (including phenoxy) is 1. The molecule has 0 spiro atoms. The molecular weight excluding hydrogens is 156 g/mol. The van der Waals surface area contributed by atoms with Gasteiger partial charge in [0, 0.05) is 6.08 Å². The summed E-state index contributed by atoms with van der Waals surface area (Å²) >= 11 is 0. The predicted molar refractivity (Wildman–Crippen MR) is 46.7 cm³/mol. The van der Waals surface area contributed by atoms with E-state index in [1.165, 1.54) is 6.08 Å². The summed E-state index contributed by atoms with van der Waals surface area (Å²) < 4.78 is 4.68. The molecule has 0 saturated carbocycles. The Hall–Kier alpha value is -0.830. The maximum Gasteiger partial charge on any atom is 0.330 e. The van der Waals surface area contributed by atoms with Gasteiger partial charge in [0.1, 0.15) is 0 Å². The van der Waals surface area contributed by atoms with Crippen molar-refractivity contribution in [3.63, 3.8) is 0 Å². The van der Waals surface area contributed by atoms with Gasteiger partial charge in [0.25, 0.3) is 0 Å². The van der Waals surface area contributed by atoms with E-state index in [1.54, 1.807) is 13.8 Å². The molecule has 1 N–H and O–H groups in total. The lowest BCUT2D eigenvalue weighted by Gasteiger charge is -2.06. The first-order valence-corrected chi connectivity index (χ1v) is 4.14. The maximum atomic E-state index is 10.9. The maximum absolute atomic E-state index is 10.9. The highest BCUT2D eigenvalue weighted by Gasteiger charge is 2.05. The zero-order chi connectivity index (χ0) is 9.56. The predicted octanol–water partition coefficient (Wildman–Crippen LogP) is 1.27. The van der Waals surface area contributed by atoms with Crippen molar-refractivity contribution >= 4 is 5.97 Å². The van der Waals surface area contributed by atoms with E-state index in [0.29, 0.717) is 18.6 Å². The van der Waals surface area contributed by atoms with Gasteiger partial charge in [-0.15, -0.1) is 0 Å². The van der Waals surface area contributed by atoms with E-state index < -0.39 is 6.10 Å². The van der Waals surface area contributed by atoms with Crippen LogP contribution in [0.3, 0.4) is 0 Å². The largest absolute Gasteiger partial charge is 0.463 e. The van der Waals surface area contributed by atoms with Gasteiger partial charge in [-0.25, -0.2) is 4.79 Å². The molecule has 0 aliphatic rings. The van der Waals surface area contributed by atoms with E-state index in [2.05, 4.69) is 4.74 Å². The molecule has 0 fully saturated rings. The van der Waals surface area contributed by atoms with Gasteiger partial charge in [-0.05, 0) is 25.8 Å². The molecule has 0 aromatic heterocycles. The van der Waals surface area contributed by atoms with Crippen LogP contribution >= 0.6 is 0 Å². The van der Waals surface area contributed by atoms with Crippen LogP contribution in [0.5, 0.6) is 0 Å². The van der Waals surface area contributed by atoms with Crippen molar-refractivity contribution in [1.82, 2.24) is 0 Å². The number of aliphatic hydroxyl groups excluding tert-OH is 1.